The van der Waals surface area contributed by atoms with Crippen molar-refractivity contribution < 1.29 is 14.3 Å². The normalized spacial score (nSPS) is 22.0. The van der Waals surface area contributed by atoms with E-state index in [-0.39, 0.29) is 11.8 Å². The Balaban J connectivity index is 1.05. The van der Waals surface area contributed by atoms with Crippen LogP contribution in [0.15, 0.2) is 59.6 Å². The molecule has 7 heteroatoms. The largest absolute Gasteiger partial charge is 0.457 e. The van der Waals surface area contributed by atoms with Crippen LogP contribution in [0.25, 0.3) is 0 Å². The van der Waals surface area contributed by atoms with Gasteiger partial charge in [-0.15, -0.1) is 0 Å². The minimum Gasteiger partial charge on any atom is -0.457 e. The lowest BCUT2D eigenvalue weighted by Crippen LogP contribution is -2.49. The number of hydrogen-bond donors (Lipinski definition) is 1. The number of nitrogens with zero attached hydrogens (tertiary/aromatic N) is 3. The molecule has 2 amide bonds. The van der Waals surface area contributed by atoms with E-state index in [0.717, 1.165) is 31.4 Å². The molecule has 2 aliphatic heterocycles. The Bertz CT molecular complexity index is 1240. The highest BCUT2D eigenvalue weighted by Crippen LogP contribution is 2.42. The standard InChI is InChI=1S/C36H48N4O3/c37-35-38-36(24-27-10-4-1-5-11-27,25-28-12-6-2-7-13-28)34(42)40(35)26-29-20-22-39(23-21-29)33(41)30-16-18-32(19-17-30)43-31-14-8-3-9-15-31/h3,8-9,14-19,27-29H,1-2,4-7,10-13,20-26H2,(H2,37,38). The maximum atomic E-state index is 14.2. The third kappa shape index (κ3) is 7.08. The maximum absolute atomic E-state index is 14.2. The van der Waals surface area contributed by atoms with E-state index >= 15 is 0 Å². The average molecular weight is 585 g/mol. The van der Waals surface area contributed by atoms with Crippen molar-refractivity contribution in [2.24, 2.45) is 28.5 Å². The number of hydrogen-bond acceptors (Lipinski definition) is 5. The molecule has 43 heavy (non-hydrogen) atoms. The summed E-state index contributed by atoms with van der Waals surface area (Å²) in [5, 5.41) is 0. The number of amides is 2. The summed E-state index contributed by atoms with van der Waals surface area (Å²) in [7, 11) is 0. The van der Waals surface area contributed by atoms with E-state index < -0.39 is 5.54 Å². The molecule has 6 rings (SSSR count). The van der Waals surface area contributed by atoms with Crippen molar-refractivity contribution >= 4 is 17.8 Å². The molecule has 3 fully saturated rings. The van der Waals surface area contributed by atoms with Gasteiger partial charge in [0.15, 0.2) is 5.96 Å². The van der Waals surface area contributed by atoms with Crippen LogP contribution in [0.4, 0.5) is 0 Å². The Morgan fingerprint density at radius 1 is 0.767 bits per heavy atom. The fourth-order valence-corrected chi connectivity index (χ4v) is 8.00. The molecule has 2 saturated carbocycles. The molecular formula is C36H48N4O3. The highest BCUT2D eigenvalue weighted by atomic mass is 16.5. The van der Waals surface area contributed by atoms with Gasteiger partial charge in [-0.05, 0) is 79.8 Å². The molecule has 4 aliphatic rings. The number of rotatable bonds is 9. The number of aliphatic imine (C=N–C) groups is 1. The summed E-state index contributed by atoms with van der Waals surface area (Å²) in [6.45, 7) is 1.97. The van der Waals surface area contributed by atoms with Gasteiger partial charge in [0.25, 0.3) is 11.8 Å². The number of ether oxygens (including phenoxy) is 1. The van der Waals surface area contributed by atoms with Gasteiger partial charge in [-0.2, -0.15) is 0 Å². The quantitative estimate of drug-likeness (QED) is 0.339. The summed E-state index contributed by atoms with van der Waals surface area (Å²) in [4.78, 5) is 36.3. The summed E-state index contributed by atoms with van der Waals surface area (Å²) < 4.78 is 5.88. The SMILES string of the molecule is NC1=NC(CC2CCCCC2)(CC2CCCCC2)C(=O)N1CC1CCN(C(=O)c2ccc(Oc3ccccc3)cc2)CC1. The van der Waals surface area contributed by atoms with Gasteiger partial charge in [0, 0.05) is 25.2 Å². The molecule has 0 radical (unpaired) electrons. The van der Waals surface area contributed by atoms with E-state index in [9.17, 15) is 9.59 Å². The first kappa shape index (κ1) is 29.7. The third-order valence-corrected chi connectivity index (χ3v) is 10.4. The van der Waals surface area contributed by atoms with Gasteiger partial charge in [0.05, 0.1) is 0 Å². The van der Waals surface area contributed by atoms with Crippen LogP contribution in [-0.2, 0) is 4.79 Å². The van der Waals surface area contributed by atoms with Gasteiger partial charge in [-0.25, -0.2) is 4.99 Å². The molecule has 1 saturated heterocycles. The molecule has 7 nitrogen and oxygen atoms in total. The topological polar surface area (TPSA) is 88.2 Å². The summed E-state index contributed by atoms with van der Waals surface area (Å²) >= 11 is 0. The molecule has 0 spiro atoms. The number of guanidine groups is 1. The molecule has 0 bridgehead atoms. The highest BCUT2D eigenvalue weighted by Gasteiger charge is 2.50. The van der Waals surface area contributed by atoms with Crippen molar-refractivity contribution in [3.63, 3.8) is 0 Å². The molecule has 230 valence electrons. The number of piperidine rings is 1. The Labute approximate surface area is 256 Å². The molecule has 2 heterocycles. The fourth-order valence-electron chi connectivity index (χ4n) is 8.00. The Morgan fingerprint density at radius 2 is 1.33 bits per heavy atom. The minimum atomic E-state index is -0.666. The van der Waals surface area contributed by atoms with Gasteiger partial charge in [-0.3, -0.25) is 14.5 Å². The zero-order chi connectivity index (χ0) is 29.6. The van der Waals surface area contributed by atoms with Crippen molar-refractivity contribution in [3.8, 4) is 11.5 Å². The van der Waals surface area contributed by atoms with Gasteiger partial charge in [0.1, 0.15) is 17.0 Å². The molecule has 0 aromatic heterocycles. The number of nitrogens with two attached hydrogens (primary N) is 1. The molecule has 2 aromatic rings. The van der Waals surface area contributed by atoms with E-state index in [4.69, 9.17) is 15.5 Å². The second-order valence-corrected chi connectivity index (χ2v) is 13.5. The predicted octanol–water partition coefficient (Wildman–Crippen LogP) is 7.17. The molecule has 0 unspecified atom stereocenters. The first-order valence-corrected chi connectivity index (χ1v) is 16.8. The first-order valence-electron chi connectivity index (χ1n) is 16.8. The van der Waals surface area contributed by atoms with Crippen molar-refractivity contribution in [1.82, 2.24) is 9.80 Å². The van der Waals surface area contributed by atoms with Gasteiger partial charge >= 0.3 is 0 Å². The highest BCUT2D eigenvalue weighted by molar-refractivity contribution is 6.06. The Hall–Kier alpha value is -3.35. The average Bonchev–Trinajstić information content (AvgIpc) is 3.26. The van der Waals surface area contributed by atoms with E-state index in [2.05, 4.69) is 0 Å². The fraction of sp³-hybridized carbons (Fsp3) is 0.583. The van der Waals surface area contributed by atoms with Crippen LogP contribution in [0.1, 0.15) is 100 Å². The van der Waals surface area contributed by atoms with E-state index in [1.165, 1.54) is 64.2 Å². The number of carbonyl (C=O) groups excluding carboxylic acids is 2. The summed E-state index contributed by atoms with van der Waals surface area (Å²) in [6.07, 6.45) is 16.0. The lowest BCUT2D eigenvalue weighted by Gasteiger charge is -2.37. The third-order valence-electron chi connectivity index (χ3n) is 10.4. The zero-order valence-electron chi connectivity index (χ0n) is 25.6. The number of benzene rings is 2. The van der Waals surface area contributed by atoms with E-state index in [0.29, 0.717) is 54.7 Å². The van der Waals surface area contributed by atoms with E-state index in [1.807, 2.05) is 64.4 Å². The maximum Gasteiger partial charge on any atom is 0.257 e. The molecular weight excluding hydrogens is 536 g/mol. The second kappa shape index (κ2) is 13.5. The smallest absolute Gasteiger partial charge is 0.257 e. The van der Waals surface area contributed by atoms with Crippen molar-refractivity contribution in [3.05, 3.63) is 60.2 Å². The monoisotopic (exact) mass is 584 g/mol. The van der Waals surface area contributed by atoms with Crippen LogP contribution < -0.4 is 10.5 Å². The van der Waals surface area contributed by atoms with Crippen LogP contribution in [0.2, 0.25) is 0 Å². The van der Waals surface area contributed by atoms with Gasteiger partial charge in [-0.1, -0.05) is 82.4 Å². The number of carbonyl (C=O) groups is 2. The zero-order valence-corrected chi connectivity index (χ0v) is 25.6. The van der Waals surface area contributed by atoms with Crippen LogP contribution in [0.5, 0.6) is 11.5 Å². The molecule has 2 aromatic carbocycles. The van der Waals surface area contributed by atoms with Crippen LogP contribution in [0.3, 0.4) is 0 Å². The van der Waals surface area contributed by atoms with Gasteiger partial charge < -0.3 is 15.4 Å². The van der Waals surface area contributed by atoms with Crippen LogP contribution >= 0.6 is 0 Å². The predicted molar refractivity (Wildman–Crippen MR) is 170 cm³/mol. The summed E-state index contributed by atoms with van der Waals surface area (Å²) in [6, 6.07) is 17.0. The summed E-state index contributed by atoms with van der Waals surface area (Å²) in [5.41, 5.74) is 6.57. The molecule has 2 aliphatic carbocycles. The van der Waals surface area contributed by atoms with E-state index in [1.54, 1.807) is 0 Å². The Kier molecular flexibility index (Phi) is 9.34. The van der Waals surface area contributed by atoms with Crippen molar-refractivity contribution in [2.75, 3.05) is 19.6 Å². The summed E-state index contributed by atoms with van der Waals surface area (Å²) in [5.74, 6) is 3.55. The number of para-hydroxylation sites is 1. The molecule has 0 atom stereocenters. The second-order valence-electron chi connectivity index (χ2n) is 13.5. The van der Waals surface area contributed by atoms with Crippen LogP contribution in [-0.4, -0.2) is 52.7 Å². The van der Waals surface area contributed by atoms with Crippen molar-refractivity contribution in [1.29, 1.82) is 0 Å². The first-order chi connectivity index (χ1) is 21.0. The lowest BCUT2D eigenvalue weighted by atomic mass is 9.73. The minimum absolute atomic E-state index is 0.0435. The Morgan fingerprint density at radius 3 is 1.91 bits per heavy atom. The lowest BCUT2D eigenvalue weighted by molar-refractivity contribution is -0.133. The van der Waals surface area contributed by atoms with Crippen LogP contribution in [0, 0.1) is 17.8 Å². The van der Waals surface area contributed by atoms with Gasteiger partial charge in [0.2, 0.25) is 0 Å². The number of likely N-dealkylation sites (tertiary alicyclic amines) is 1. The molecule has 2 N–H and O–H groups in total. The van der Waals surface area contributed by atoms with Crippen molar-refractivity contribution in [2.45, 2.75) is 95.4 Å².